The van der Waals surface area contributed by atoms with Gasteiger partial charge in [0.05, 0.1) is 19.8 Å². The van der Waals surface area contributed by atoms with Crippen molar-refractivity contribution in [3.05, 3.63) is 0 Å². The van der Waals surface area contributed by atoms with Gasteiger partial charge in [-0.1, -0.05) is 6.42 Å². The lowest BCUT2D eigenvalue weighted by Gasteiger charge is -2.36. The molecule has 9 heteroatoms. The molecule has 0 radical (unpaired) electrons. The Bertz CT molecular complexity index is 522. The number of hydrogen-bond acceptors (Lipinski definition) is 5. The zero-order valence-corrected chi connectivity index (χ0v) is 16.1. The number of rotatable bonds is 5. The largest absolute Gasteiger partial charge is 0.490 e. The van der Waals surface area contributed by atoms with Crippen LogP contribution in [0.3, 0.4) is 0 Å². The monoisotopic (exact) mass is 409 g/mol. The SMILES string of the molecule is C1CC(N2C[C@@H]3COC[C@]3(COCC3CCOCC3)C2)C1.O=C(O)C(F)(F)F. The normalized spacial score (nSPS) is 31.8. The minimum atomic E-state index is -5.08. The molecular weight excluding hydrogens is 379 g/mol. The van der Waals surface area contributed by atoms with E-state index in [9.17, 15) is 13.2 Å². The molecule has 0 bridgehead atoms. The molecule has 1 saturated carbocycles. The fourth-order valence-electron chi connectivity index (χ4n) is 4.45. The van der Waals surface area contributed by atoms with E-state index in [1.165, 1.54) is 45.2 Å². The van der Waals surface area contributed by atoms with E-state index in [2.05, 4.69) is 4.90 Å². The second kappa shape index (κ2) is 9.28. The number of fused-ring (bicyclic) bond motifs is 1. The van der Waals surface area contributed by atoms with Crippen molar-refractivity contribution in [2.45, 2.75) is 44.3 Å². The summed E-state index contributed by atoms with van der Waals surface area (Å²) in [5, 5.41) is 7.12. The first-order chi connectivity index (χ1) is 13.3. The van der Waals surface area contributed by atoms with Crippen molar-refractivity contribution >= 4 is 5.97 Å². The summed E-state index contributed by atoms with van der Waals surface area (Å²) < 4.78 is 49.2. The molecule has 28 heavy (non-hydrogen) atoms. The standard InChI is InChI=1S/C17H29NO3.C2HF3O2/c1-2-16(3-1)18-8-15-10-21-13-17(15,11-18)12-20-9-14-4-6-19-7-5-14;3-2(4,5)1(6)7/h14-16H,1-13H2;(H,6,7)/t15-,17-;/m1./s1. The van der Waals surface area contributed by atoms with Gasteiger partial charge >= 0.3 is 12.1 Å². The molecule has 0 aromatic heterocycles. The average molecular weight is 409 g/mol. The van der Waals surface area contributed by atoms with Gasteiger partial charge < -0.3 is 19.3 Å². The molecule has 4 aliphatic rings. The lowest BCUT2D eigenvalue weighted by molar-refractivity contribution is -0.192. The van der Waals surface area contributed by atoms with Crippen LogP contribution in [-0.4, -0.2) is 80.9 Å². The van der Waals surface area contributed by atoms with Crippen LogP contribution < -0.4 is 0 Å². The number of nitrogens with zero attached hydrogens (tertiary/aromatic N) is 1. The molecule has 0 amide bonds. The summed E-state index contributed by atoms with van der Waals surface area (Å²) in [6, 6.07) is 0.864. The van der Waals surface area contributed by atoms with Crippen LogP contribution in [0.5, 0.6) is 0 Å². The van der Waals surface area contributed by atoms with Crippen molar-refractivity contribution in [2.24, 2.45) is 17.3 Å². The van der Waals surface area contributed by atoms with Crippen molar-refractivity contribution in [1.29, 1.82) is 0 Å². The highest BCUT2D eigenvalue weighted by Crippen LogP contribution is 2.44. The summed E-state index contributed by atoms with van der Waals surface area (Å²) in [5.74, 6) is -1.35. The molecule has 6 nitrogen and oxygen atoms in total. The predicted molar refractivity (Wildman–Crippen MR) is 94.0 cm³/mol. The van der Waals surface area contributed by atoms with Crippen molar-refractivity contribution < 1.29 is 37.3 Å². The van der Waals surface area contributed by atoms with Crippen LogP contribution in [-0.2, 0) is 19.0 Å². The van der Waals surface area contributed by atoms with Gasteiger partial charge in [0.15, 0.2) is 0 Å². The number of hydrogen-bond donors (Lipinski definition) is 1. The van der Waals surface area contributed by atoms with E-state index in [1.54, 1.807) is 0 Å². The Kier molecular flexibility index (Phi) is 7.22. The first-order valence-corrected chi connectivity index (χ1v) is 10.1. The first-order valence-electron chi connectivity index (χ1n) is 10.1. The number of ether oxygens (including phenoxy) is 3. The van der Waals surface area contributed by atoms with Gasteiger partial charge in [-0.2, -0.15) is 13.2 Å². The summed E-state index contributed by atoms with van der Waals surface area (Å²) in [6.45, 7) is 7.96. The summed E-state index contributed by atoms with van der Waals surface area (Å²) in [6.07, 6.45) is 1.50. The second-order valence-electron chi connectivity index (χ2n) is 8.46. The third-order valence-corrected chi connectivity index (χ3v) is 6.47. The maximum absolute atomic E-state index is 10.6. The Morgan fingerprint density at radius 1 is 1.18 bits per heavy atom. The Balaban J connectivity index is 0.000000279. The van der Waals surface area contributed by atoms with Crippen molar-refractivity contribution in [3.63, 3.8) is 0 Å². The van der Waals surface area contributed by atoms with E-state index in [4.69, 9.17) is 24.1 Å². The molecule has 3 aliphatic heterocycles. The summed E-state index contributed by atoms with van der Waals surface area (Å²) >= 11 is 0. The number of alkyl halides is 3. The van der Waals surface area contributed by atoms with Crippen LogP contribution in [0.4, 0.5) is 13.2 Å². The highest BCUT2D eigenvalue weighted by Gasteiger charge is 2.52. The number of carbonyl (C=O) groups is 1. The number of carboxylic acid groups (broad SMARTS) is 1. The summed E-state index contributed by atoms with van der Waals surface area (Å²) in [7, 11) is 0. The average Bonchev–Trinajstić information content (AvgIpc) is 3.11. The van der Waals surface area contributed by atoms with Gasteiger partial charge in [0.1, 0.15) is 0 Å². The van der Waals surface area contributed by atoms with Gasteiger partial charge in [-0.3, -0.25) is 4.90 Å². The topological polar surface area (TPSA) is 68.2 Å². The predicted octanol–water partition coefficient (Wildman–Crippen LogP) is 2.56. The second-order valence-corrected chi connectivity index (χ2v) is 8.46. The lowest BCUT2D eigenvalue weighted by atomic mass is 9.82. The molecule has 1 aliphatic carbocycles. The molecule has 3 heterocycles. The molecular formula is C19H30F3NO5. The highest BCUT2D eigenvalue weighted by molar-refractivity contribution is 5.73. The van der Waals surface area contributed by atoms with Crippen LogP contribution in [0.1, 0.15) is 32.1 Å². The molecule has 0 spiro atoms. The van der Waals surface area contributed by atoms with Crippen LogP contribution in [0, 0.1) is 17.3 Å². The van der Waals surface area contributed by atoms with E-state index < -0.39 is 12.1 Å². The molecule has 162 valence electrons. The number of likely N-dealkylation sites (tertiary alicyclic amines) is 1. The molecule has 4 fully saturated rings. The Morgan fingerprint density at radius 2 is 1.86 bits per heavy atom. The smallest absolute Gasteiger partial charge is 0.475 e. The Labute approximate surface area is 163 Å². The van der Waals surface area contributed by atoms with E-state index in [-0.39, 0.29) is 0 Å². The minimum absolute atomic E-state index is 0.292. The zero-order valence-electron chi connectivity index (χ0n) is 16.1. The third-order valence-electron chi connectivity index (χ3n) is 6.47. The van der Waals surface area contributed by atoms with E-state index in [1.807, 2.05) is 0 Å². The van der Waals surface area contributed by atoms with E-state index in [0.29, 0.717) is 17.3 Å². The van der Waals surface area contributed by atoms with Gasteiger partial charge in [-0.25, -0.2) is 4.79 Å². The van der Waals surface area contributed by atoms with Crippen molar-refractivity contribution in [2.75, 3.05) is 52.7 Å². The summed E-state index contributed by atoms with van der Waals surface area (Å²) in [5.41, 5.74) is 0.292. The Hall–Kier alpha value is -0.900. The van der Waals surface area contributed by atoms with Gasteiger partial charge in [0.2, 0.25) is 0 Å². The van der Waals surface area contributed by atoms with Crippen LogP contribution in [0.15, 0.2) is 0 Å². The minimum Gasteiger partial charge on any atom is -0.475 e. The van der Waals surface area contributed by atoms with Crippen LogP contribution in [0.2, 0.25) is 0 Å². The van der Waals surface area contributed by atoms with Gasteiger partial charge in [0, 0.05) is 50.3 Å². The molecule has 0 unspecified atom stereocenters. The van der Waals surface area contributed by atoms with Gasteiger partial charge in [0.25, 0.3) is 0 Å². The fraction of sp³-hybridized carbons (Fsp3) is 0.947. The molecule has 1 N–H and O–H groups in total. The van der Waals surface area contributed by atoms with E-state index in [0.717, 1.165) is 45.7 Å². The highest BCUT2D eigenvalue weighted by atomic mass is 19.4. The van der Waals surface area contributed by atoms with Gasteiger partial charge in [-0.05, 0) is 31.6 Å². The number of carboxylic acids is 1. The molecule has 0 aromatic carbocycles. The molecule has 0 aromatic rings. The number of aliphatic carboxylic acids is 1. The molecule has 2 atom stereocenters. The van der Waals surface area contributed by atoms with Crippen LogP contribution >= 0.6 is 0 Å². The zero-order chi connectivity index (χ0) is 20.2. The van der Waals surface area contributed by atoms with E-state index >= 15 is 0 Å². The third kappa shape index (κ3) is 5.37. The molecule has 4 rings (SSSR count). The van der Waals surface area contributed by atoms with Gasteiger partial charge in [-0.15, -0.1) is 0 Å². The Morgan fingerprint density at radius 3 is 2.43 bits per heavy atom. The fourth-order valence-corrected chi connectivity index (χ4v) is 4.45. The first kappa shape index (κ1) is 21.8. The summed E-state index contributed by atoms with van der Waals surface area (Å²) in [4.78, 5) is 11.6. The maximum atomic E-state index is 10.6. The number of halogens is 3. The maximum Gasteiger partial charge on any atom is 0.490 e. The van der Waals surface area contributed by atoms with Crippen molar-refractivity contribution in [3.8, 4) is 0 Å². The molecule has 3 saturated heterocycles. The van der Waals surface area contributed by atoms with Crippen LogP contribution in [0.25, 0.3) is 0 Å². The lowest BCUT2D eigenvalue weighted by Crippen LogP contribution is -2.42. The quantitative estimate of drug-likeness (QED) is 0.753. The van der Waals surface area contributed by atoms with Crippen molar-refractivity contribution in [1.82, 2.24) is 4.90 Å².